The van der Waals surface area contributed by atoms with Gasteiger partial charge in [-0.3, -0.25) is 0 Å². The number of hydrogen-bond acceptors (Lipinski definition) is 4. The Balaban J connectivity index is 1.78. The molecule has 2 aromatic rings. The molecule has 0 spiro atoms. The van der Waals surface area contributed by atoms with E-state index < -0.39 is 0 Å². The fraction of sp³-hybridized carbons (Fsp3) is 0.357. The molecule has 1 aliphatic rings. The van der Waals surface area contributed by atoms with Gasteiger partial charge in [0, 0.05) is 12.2 Å². The standard InChI is InChI=1S/C14H16N2O2/c1-11-4-2-6-14(15-11)16-7-9-18-13(10-16)12-5-3-8-17-12/h2-6,8,13H,7,9-10H2,1H3/t13-/m0/s1. The Labute approximate surface area is 106 Å². The molecule has 0 amide bonds. The SMILES string of the molecule is Cc1cccc(N2CCO[C@H](c3ccco3)C2)n1. The first-order chi connectivity index (χ1) is 8.83. The van der Waals surface area contributed by atoms with Crippen LogP contribution in [0.1, 0.15) is 17.6 Å². The van der Waals surface area contributed by atoms with Crippen LogP contribution in [0.15, 0.2) is 41.0 Å². The van der Waals surface area contributed by atoms with E-state index in [1.807, 2.05) is 37.3 Å². The Morgan fingerprint density at radius 1 is 1.28 bits per heavy atom. The predicted octanol–water partition coefficient (Wildman–Crippen LogP) is 2.56. The van der Waals surface area contributed by atoms with Crippen LogP contribution in [0.5, 0.6) is 0 Å². The minimum Gasteiger partial charge on any atom is -0.467 e. The Hall–Kier alpha value is -1.81. The second kappa shape index (κ2) is 4.82. The van der Waals surface area contributed by atoms with Crippen molar-refractivity contribution in [3.63, 3.8) is 0 Å². The number of ether oxygens (including phenoxy) is 1. The number of pyridine rings is 1. The molecule has 3 rings (SSSR count). The van der Waals surface area contributed by atoms with Crippen molar-refractivity contribution < 1.29 is 9.15 Å². The van der Waals surface area contributed by atoms with Gasteiger partial charge in [-0.05, 0) is 31.2 Å². The first kappa shape index (κ1) is 11.3. The molecule has 3 heterocycles. The van der Waals surface area contributed by atoms with Gasteiger partial charge in [0.05, 0.1) is 19.4 Å². The van der Waals surface area contributed by atoms with Crippen molar-refractivity contribution in [2.24, 2.45) is 0 Å². The Bertz CT molecular complexity index is 510. The van der Waals surface area contributed by atoms with E-state index in [9.17, 15) is 0 Å². The van der Waals surface area contributed by atoms with Crippen LogP contribution in [0.2, 0.25) is 0 Å². The van der Waals surface area contributed by atoms with Crippen LogP contribution in [0, 0.1) is 6.92 Å². The molecule has 1 saturated heterocycles. The smallest absolute Gasteiger partial charge is 0.134 e. The molecule has 4 nitrogen and oxygen atoms in total. The molecule has 4 heteroatoms. The molecule has 0 N–H and O–H groups in total. The average molecular weight is 244 g/mol. The van der Waals surface area contributed by atoms with Crippen LogP contribution in [0.4, 0.5) is 5.82 Å². The molecule has 1 fully saturated rings. The molecular formula is C14H16N2O2. The van der Waals surface area contributed by atoms with E-state index in [2.05, 4.69) is 9.88 Å². The van der Waals surface area contributed by atoms with Crippen LogP contribution in [-0.4, -0.2) is 24.7 Å². The molecule has 0 radical (unpaired) electrons. The van der Waals surface area contributed by atoms with Crippen molar-refractivity contribution >= 4 is 5.82 Å². The van der Waals surface area contributed by atoms with Gasteiger partial charge in [-0.2, -0.15) is 0 Å². The third-order valence-electron chi connectivity index (χ3n) is 3.12. The minimum atomic E-state index is -0.00365. The maximum Gasteiger partial charge on any atom is 0.134 e. The summed E-state index contributed by atoms with van der Waals surface area (Å²) >= 11 is 0. The Morgan fingerprint density at radius 2 is 2.22 bits per heavy atom. The van der Waals surface area contributed by atoms with Gasteiger partial charge in [0.25, 0.3) is 0 Å². The number of anilines is 1. The summed E-state index contributed by atoms with van der Waals surface area (Å²) in [5, 5.41) is 0. The van der Waals surface area contributed by atoms with Gasteiger partial charge in [0.1, 0.15) is 17.7 Å². The lowest BCUT2D eigenvalue weighted by atomic mass is 10.2. The predicted molar refractivity (Wildman–Crippen MR) is 68.6 cm³/mol. The molecule has 18 heavy (non-hydrogen) atoms. The maximum absolute atomic E-state index is 5.74. The normalized spacial score (nSPS) is 20.1. The quantitative estimate of drug-likeness (QED) is 0.813. The molecule has 0 bridgehead atoms. The number of aryl methyl sites for hydroxylation is 1. The van der Waals surface area contributed by atoms with Crippen LogP contribution in [0.3, 0.4) is 0 Å². The van der Waals surface area contributed by atoms with E-state index in [-0.39, 0.29) is 6.10 Å². The van der Waals surface area contributed by atoms with E-state index in [1.165, 1.54) is 0 Å². The van der Waals surface area contributed by atoms with Gasteiger partial charge in [0.15, 0.2) is 0 Å². The Kier molecular flexibility index (Phi) is 3.02. The van der Waals surface area contributed by atoms with Gasteiger partial charge < -0.3 is 14.1 Å². The van der Waals surface area contributed by atoms with Crippen molar-refractivity contribution in [3.8, 4) is 0 Å². The second-order valence-electron chi connectivity index (χ2n) is 4.46. The van der Waals surface area contributed by atoms with Crippen LogP contribution < -0.4 is 4.90 Å². The topological polar surface area (TPSA) is 38.5 Å². The first-order valence-corrected chi connectivity index (χ1v) is 6.16. The highest BCUT2D eigenvalue weighted by atomic mass is 16.5. The van der Waals surface area contributed by atoms with Gasteiger partial charge in [0.2, 0.25) is 0 Å². The third kappa shape index (κ3) is 2.24. The number of hydrogen-bond donors (Lipinski definition) is 0. The maximum atomic E-state index is 5.74. The number of aromatic nitrogens is 1. The van der Waals surface area contributed by atoms with E-state index in [0.29, 0.717) is 6.61 Å². The highest BCUT2D eigenvalue weighted by Gasteiger charge is 2.24. The lowest BCUT2D eigenvalue weighted by molar-refractivity contribution is 0.0255. The molecule has 1 aliphatic heterocycles. The summed E-state index contributed by atoms with van der Waals surface area (Å²) < 4.78 is 11.1. The lowest BCUT2D eigenvalue weighted by Gasteiger charge is -2.32. The van der Waals surface area contributed by atoms with Crippen molar-refractivity contribution in [1.82, 2.24) is 4.98 Å². The molecule has 0 saturated carbocycles. The lowest BCUT2D eigenvalue weighted by Crippen LogP contribution is -2.38. The summed E-state index contributed by atoms with van der Waals surface area (Å²) in [6, 6.07) is 9.93. The monoisotopic (exact) mass is 244 g/mol. The molecule has 94 valence electrons. The summed E-state index contributed by atoms with van der Waals surface area (Å²) in [6.07, 6.45) is 1.68. The molecule has 0 aromatic carbocycles. The summed E-state index contributed by atoms with van der Waals surface area (Å²) in [5.74, 6) is 1.89. The van der Waals surface area contributed by atoms with E-state index in [4.69, 9.17) is 9.15 Å². The summed E-state index contributed by atoms with van der Waals surface area (Å²) in [4.78, 5) is 6.79. The highest BCUT2D eigenvalue weighted by molar-refractivity contribution is 5.40. The number of nitrogens with zero attached hydrogens (tertiary/aromatic N) is 2. The first-order valence-electron chi connectivity index (χ1n) is 6.16. The zero-order chi connectivity index (χ0) is 12.4. The second-order valence-corrected chi connectivity index (χ2v) is 4.46. The van der Waals surface area contributed by atoms with Gasteiger partial charge in [-0.15, -0.1) is 0 Å². The van der Waals surface area contributed by atoms with Crippen molar-refractivity contribution in [2.75, 3.05) is 24.6 Å². The van der Waals surface area contributed by atoms with Crippen molar-refractivity contribution in [1.29, 1.82) is 0 Å². The molecule has 1 atom stereocenters. The largest absolute Gasteiger partial charge is 0.467 e. The minimum absolute atomic E-state index is 0.00365. The zero-order valence-corrected chi connectivity index (χ0v) is 10.4. The van der Waals surface area contributed by atoms with Crippen molar-refractivity contribution in [3.05, 3.63) is 48.0 Å². The average Bonchev–Trinajstić information content (AvgIpc) is 2.93. The third-order valence-corrected chi connectivity index (χ3v) is 3.12. The summed E-state index contributed by atoms with van der Waals surface area (Å²) in [6.45, 7) is 4.35. The van der Waals surface area contributed by atoms with E-state index >= 15 is 0 Å². The van der Waals surface area contributed by atoms with Crippen LogP contribution in [-0.2, 0) is 4.74 Å². The summed E-state index contributed by atoms with van der Waals surface area (Å²) in [7, 11) is 0. The summed E-state index contributed by atoms with van der Waals surface area (Å²) in [5.41, 5.74) is 1.04. The molecule has 2 aromatic heterocycles. The van der Waals surface area contributed by atoms with Gasteiger partial charge in [-0.1, -0.05) is 6.07 Å². The number of furan rings is 1. The fourth-order valence-electron chi connectivity index (χ4n) is 2.21. The molecule has 0 unspecified atom stereocenters. The highest BCUT2D eigenvalue weighted by Crippen LogP contribution is 2.25. The van der Waals surface area contributed by atoms with Crippen LogP contribution >= 0.6 is 0 Å². The molecular weight excluding hydrogens is 228 g/mol. The van der Waals surface area contributed by atoms with E-state index in [1.54, 1.807) is 6.26 Å². The fourth-order valence-corrected chi connectivity index (χ4v) is 2.21. The van der Waals surface area contributed by atoms with Gasteiger partial charge in [-0.25, -0.2) is 4.98 Å². The number of morpholine rings is 1. The Morgan fingerprint density at radius 3 is 3.00 bits per heavy atom. The van der Waals surface area contributed by atoms with Gasteiger partial charge >= 0.3 is 0 Å². The van der Waals surface area contributed by atoms with Crippen molar-refractivity contribution in [2.45, 2.75) is 13.0 Å². The zero-order valence-electron chi connectivity index (χ0n) is 10.4. The number of rotatable bonds is 2. The molecule has 0 aliphatic carbocycles. The van der Waals surface area contributed by atoms with Crippen LogP contribution in [0.25, 0.3) is 0 Å². The van der Waals surface area contributed by atoms with E-state index in [0.717, 1.165) is 30.4 Å².